The fourth-order valence-corrected chi connectivity index (χ4v) is 12.9. The molecule has 0 amide bonds. The summed E-state index contributed by atoms with van der Waals surface area (Å²) in [6, 6.07) is 71.5. The molecule has 3 heterocycles. The second-order valence-corrected chi connectivity index (χ2v) is 26.5. The fourth-order valence-electron chi connectivity index (χ4n) is 12.9. The first-order chi connectivity index (χ1) is 56.1. The SMILES string of the molecule is [2H]C(OC[C@H]1OC(O[C@@H]2[C@H](OCc3ccccc3)[C@H](OCCCCCCCCC(=O)OCC)O[C@H](COC3O[C@H](COC([2H])c4ccccc4)[C@@H](OC([2H])c4ccccc4)[C@H](OC([2H])c4ccccc4)[C@@H]3OC([2H])c3ccccc3)[C@H]2OCc2ccccc2)[C@@H](OC(C)=O)[C@@H](OC([2H])c2ccccc2)[C@@H]1OC(C)=O)c1ccccc1. The fraction of sp³-hybridized carbons (Fsp3) is 0.427. The predicted octanol–water partition coefficient (Wildman–Crippen LogP) is 14.7. The molecule has 20 nitrogen and oxygen atoms in total. The number of benzene rings is 8. The van der Waals surface area contributed by atoms with Crippen LogP contribution in [-0.4, -0.2) is 143 Å². The van der Waals surface area contributed by atoms with E-state index in [1.807, 2.05) is 84.9 Å². The molecular weight excluding hydrogens is 1390 g/mol. The van der Waals surface area contributed by atoms with Crippen LogP contribution in [0.15, 0.2) is 243 Å². The lowest BCUT2D eigenvalue weighted by atomic mass is 9.95. The minimum atomic E-state index is -1.77. The van der Waals surface area contributed by atoms with Crippen LogP contribution in [0.1, 0.15) is 118 Å². The Morgan fingerprint density at radius 3 is 1.10 bits per heavy atom. The third-order valence-corrected chi connectivity index (χ3v) is 18.2. The summed E-state index contributed by atoms with van der Waals surface area (Å²) in [7, 11) is 0. The summed E-state index contributed by atoms with van der Waals surface area (Å²) in [6.07, 6.45) is -17.2. The van der Waals surface area contributed by atoms with Crippen LogP contribution in [0.5, 0.6) is 0 Å². The van der Waals surface area contributed by atoms with Crippen LogP contribution < -0.4 is 0 Å². The molecule has 20 heteroatoms. The first-order valence-electron chi connectivity index (χ1n) is 40.9. The average molecular weight is 1500 g/mol. The molecule has 0 N–H and O–H groups in total. The highest BCUT2D eigenvalue weighted by Crippen LogP contribution is 2.39. The van der Waals surface area contributed by atoms with E-state index in [-0.39, 0.29) is 32.4 Å². The maximum absolute atomic E-state index is 13.9. The van der Waals surface area contributed by atoms with Crippen molar-refractivity contribution in [2.75, 3.05) is 33.0 Å². The van der Waals surface area contributed by atoms with Gasteiger partial charge in [0.05, 0.1) is 87.4 Å². The van der Waals surface area contributed by atoms with Crippen molar-refractivity contribution in [1.82, 2.24) is 0 Å². The van der Waals surface area contributed by atoms with E-state index < -0.39 is 157 Å². The Morgan fingerprint density at radius 2 is 0.651 bits per heavy atom. The van der Waals surface area contributed by atoms with Crippen LogP contribution >= 0.6 is 0 Å². The molecule has 3 fully saturated rings. The summed E-state index contributed by atoms with van der Waals surface area (Å²) >= 11 is 0. The number of rotatable bonds is 44. The van der Waals surface area contributed by atoms with Gasteiger partial charge in [-0.05, 0) is 64.3 Å². The summed E-state index contributed by atoms with van der Waals surface area (Å²) in [4.78, 5) is 39.7. The van der Waals surface area contributed by atoms with Gasteiger partial charge in [0, 0.05) is 26.9 Å². The predicted molar refractivity (Wildman–Crippen MR) is 405 cm³/mol. The molecule has 0 radical (unpaired) electrons. The van der Waals surface area contributed by atoms with Crippen LogP contribution in [0.25, 0.3) is 0 Å². The zero-order chi connectivity index (χ0) is 80.7. The van der Waals surface area contributed by atoms with Gasteiger partial charge in [-0.15, -0.1) is 0 Å². The number of carbonyl (C=O) groups excluding carboxylic acids is 3. The quantitative estimate of drug-likeness (QED) is 0.0197. The normalized spacial score (nSPS) is 26.6. The van der Waals surface area contributed by atoms with Crippen molar-refractivity contribution in [3.05, 3.63) is 287 Å². The Morgan fingerprint density at radius 1 is 0.321 bits per heavy atom. The van der Waals surface area contributed by atoms with Crippen molar-refractivity contribution >= 4 is 17.9 Å². The average Bonchev–Trinajstić information content (AvgIpc) is 0.767. The number of esters is 3. The standard InChI is InChI=1S/C89H104O20/c1-4-95-77(92)51-33-7-5-6-8-34-52-96-87-85(102-60-73-49-31-16-32-50-73)83(109-89-86(105-65(3)91)82(100-58-71-45-27-14-28-46-71)80(104-64(2)90)75(108-89)62-94-54-67-37-19-10-20-38-67)79(98-56-69-41-23-12-24-42-69)76(107-87)63-103-88-84(101-59-72-47-29-15-30-48-72)81(99-57-70-43-25-13-26-44-70)78(97-55-68-39-21-11-22-40-68)74(106-88)61-93-53-66-35-17-9-18-36-66/h9-32,35-50,74-76,78-89H,4-8,33-34,51-63H2,1-3H3/t74-,75-,76-,78-,79-,80-,81+,82+,83+,84+,85+,86+,87-,88?,89?/m1/s1/i53D,54D,55D,57D,58D,59D/t53?,54?,55?,57?,58?,59?,74-,75-,76-,78-,79-,80-,81+,82+,83+,84+,85+,86+,87-,88?,89?. The molecule has 3 saturated heterocycles. The highest BCUT2D eigenvalue weighted by molar-refractivity contribution is 5.69. The number of hydrogen-bond donors (Lipinski definition) is 0. The van der Waals surface area contributed by atoms with Crippen LogP contribution in [0.2, 0.25) is 0 Å². The largest absolute Gasteiger partial charge is 0.466 e. The van der Waals surface area contributed by atoms with Gasteiger partial charge in [-0.1, -0.05) is 268 Å². The van der Waals surface area contributed by atoms with Gasteiger partial charge < -0.3 is 80.5 Å². The Labute approximate surface area is 649 Å². The highest BCUT2D eigenvalue weighted by atomic mass is 16.8. The van der Waals surface area contributed by atoms with E-state index in [9.17, 15) is 22.6 Å². The van der Waals surface area contributed by atoms with Crippen molar-refractivity contribution < 1.29 is 103 Å². The molecule has 0 aliphatic carbocycles. The molecule has 0 bridgehead atoms. The van der Waals surface area contributed by atoms with E-state index in [2.05, 4.69) is 0 Å². The number of unbranched alkanes of at least 4 members (excludes halogenated alkanes) is 5. The molecule has 3 aliphatic rings. The maximum Gasteiger partial charge on any atom is 0.305 e. The van der Waals surface area contributed by atoms with Crippen LogP contribution in [0, 0.1) is 0 Å². The lowest BCUT2D eigenvalue weighted by molar-refractivity contribution is -0.379. The molecule has 8 unspecified atom stereocenters. The van der Waals surface area contributed by atoms with E-state index >= 15 is 0 Å². The Bertz CT molecular complexity index is 4080. The van der Waals surface area contributed by atoms with Crippen LogP contribution in [0.3, 0.4) is 0 Å². The molecule has 21 atom stereocenters. The van der Waals surface area contributed by atoms with Gasteiger partial charge in [-0.25, -0.2) is 0 Å². The molecule has 0 aromatic heterocycles. The second kappa shape index (κ2) is 45.1. The Hall–Kier alpha value is -8.39. The molecular formula is C89H104O20. The molecule has 0 saturated carbocycles. The Kier molecular flexibility index (Phi) is 30.4. The number of ether oxygens (including phenoxy) is 17. The summed E-state index contributed by atoms with van der Waals surface area (Å²) < 4.78 is 173. The molecule has 580 valence electrons. The summed E-state index contributed by atoms with van der Waals surface area (Å²) in [5.41, 5.74) is 4.22. The summed E-state index contributed by atoms with van der Waals surface area (Å²) in [6.45, 7) is -5.29. The number of carbonyl (C=O) groups is 3. The van der Waals surface area contributed by atoms with E-state index in [4.69, 9.17) is 80.5 Å². The van der Waals surface area contributed by atoms with Gasteiger partial charge in [0.1, 0.15) is 61.0 Å². The summed E-state index contributed by atoms with van der Waals surface area (Å²) in [5, 5.41) is 0. The third kappa shape index (κ3) is 26.4. The van der Waals surface area contributed by atoms with E-state index in [1.54, 1.807) is 165 Å². The molecule has 8 aromatic carbocycles. The van der Waals surface area contributed by atoms with Crippen molar-refractivity contribution in [1.29, 1.82) is 0 Å². The minimum absolute atomic E-state index is 0.0594. The van der Waals surface area contributed by atoms with Gasteiger partial charge in [0.25, 0.3) is 0 Å². The molecule has 3 aliphatic heterocycles. The van der Waals surface area contributed by atoms with E-state index in [0.717, 1.165) is 31.2 Å². The topological polar surface area (TPSA) is 208 Å². The van der Waals surface area contributed by atoms with Crippen LogP contribution in [0.4, 0.5) is 0 Å². The van der Waals surface area contributed by atoms with E-state index in [1.165, 1.54) is 13.8 Å². The first-order valence-corrected chi connectivity index (χ1v) is 37.4. The first kappa shape index (κ1) is 73.4. The zero-order valence-corrected chi connectivity index (χ0v) is 61.8. The lowest BCUT2D eigenvalue weighted by Crippen LogP contribution is -2.67. The third-order valence-electron chi connectivity index (χ3n) is 18.2. The summed E-state index contributed by atoms with van der Waals surface area (Å²) in [5.74, 6) is -1.85. The van der Waals surface area contributed by atoms with Crippen molar-refractivity contribution in [3.8, 4) is 0 Å². The van der Waals surface area contributed by atoms with Gasteiger partial charge >= 0.3 is 17.9 Å². The van der Waals surface area contributed by atoms with Gasteiger partial charge in [-0.2, -0.15) is 0 Å². The highest BCUT2D eigenvalue weighted by Gasteiger charge is 2.57. The molecule has 0 spiro atoms. The minimum Gasteiger partial charge on any atom is -0.466 e. The molecule has 11 rings (SSSR count). The zero-order valence-electron chi connectivity index (χ0n) is 67.8. The molecule has 8 aromatic rings. The van der Waals surface area contributed by atoms with E-state index in [0.29, 0.717) is 64.8 Å². The second-order valence-electron chi connectivity index (χ2n) is 26.5. The lowest BCUT2D eigenvalue weighted by Gasteiger charge is -2.50. The van der Waals surface area contributed by atoms with Crippen molar-refractivity contribution in [3.63, 3.8) is 0 Å². The van der Waals surface area contributed by atoms with Crippen LogP contribution in [-0.2, 0) is 148 Å². The smallest absolute Gasteiger partial charge is 0.305 e. The van der Waals surface area contributed by atoms with Crippen molar-refractivity contribution in [2.24, 2.45) is 0 Å². The van der Waals surface area contributed by atoms with Gasteiger partial charge in [0.2, 0.25) is 0 Å². The Balaban J connectivity index is 1.04. The van der Waals surface area contributed by atoms with Crippen molar-refractivity contribution in [2.45, 2.75) is 211 Å². The number of hydrogen-bond acceptors (Lipinski definition) is 20. The molecule has 109 heavy (non-hydrogen) atoms. The maximum atomic E-state index is 13.9. The monoisotopic (exact) mass is 1500 g/mol. The van der Waals surface area contributed by atoms with Gasteiger partial charge in [-0.3, -0.25) is 14.4 Å². The van der Waals surface area contributed by atoms with Gasteiger partial charge in [0.15, 0.2) is 31.1 Å².